The molecule has 0 aromatic heterocycles. The highest BCUT2D eigenvalue weighted by molar-refractivity contribution is 8.00. The van der Waals surface area contributed by atoms with E-state index in [-0.39, 0.29) is 11.3 Å². The molecule has 2 saturated heterocycles. The van der Waals surface area contributed by atoms with Crippen LogP contribution in [0.1, 0.15) is 10.9 Å². The summed E-state index contributed by atoms with van der Waals surface area (Å²) in [6.07, 6.45) is 0. The summed E-state index contributed by atoms with van der Waals surface area (Å²) in [5, 5.41) is 0.0629. The van der Waals surface area contributed by atoms with Gasteiger partial charge in [0, 0.05) is 24.5 Å². The van der Waals surface area contributed by atoms with Crippen LogP contribution >= 0.6 is 11.8 Å². The number of carbonyl (C=O) groups excluding carboxylic acids is 1. The molecule has 124 valence electrons. The molecular formula is C19H20N2O2S. The Labute approximate surface area is 146 Å². The van der Waals surface area contributed by atoms with Crippen molar-refractivity contribution < 1.29 is 9.53 Å². The van der Waals surface area contributed by atoms with E-state index in [1.165, 1.54) is 11.3 Å². The van der Waals surface area contributed by atoms with E-state index < -0.39 is 0 Å². The number of amides is 1. The molecule has 2 aromatic carbocycles. The average molecular weight is 340 g/mol. The maximum absolute atomic E-state index is 12.4. The lowest BCUT2D eigenvalue weighted by atomic mass is 10.1. The van der Waals surface area contributed by atoms with Gasteiger partial charge in [-0.15, -0.1) is 11.8 Å². The number of ether oxygens (including phenoxy) is 1. The first-order chi connectivity index (χ1) is 11.8. The maximum Gasteiger partial charge on any atom is 0.238 e. The van der Waals surface area contributed by atoms with Gasteiger partial charge in [-0.05, 0) is 29.8 Å². The van der Waals surface area contributed by atoms with Crippen LogP contribution in [0.3, 0.4) is 0 Å². The predicted octanol–water partition coefficient (Wildman–Crippen LogP) is 3.30. The third kappa shape index (κ3) is 3.01. The first kappa shape index (κ1) is 15.5. The van der Waals surface area contributed by atoms with Gasteiger partial charge in [-0.3, -0.25) is 9.69 Å². The van der Waals surface area contributed by atoms with Crippen molar-refractivity contribution in [2.75, 3.05) is 41.9 Å². The molecule has 0 bridgehead atoms. The van der Waals surface area contributed by atoms with Crippen LogP contribution in [-0.2, 0) is 9.53 Å². The van der Waals surface area contributed by atoms with Crippen LogP contribution < -0.4 is 9.80 Å². The Morgan fingerprint density at radius 2 is 1.58 bits per heavy atom. The molecule has 24 heavy (non-hydrogen) atoms. The van der Waals surface area contributed by atoms with Crippen LogP contribution in [0, 0.1) is 0 Å². The summed E-state index contributed by atoms with van der Waals surface area (Å²) in [6, 6.07) is 18.6. The molecule has 2 fully saturated rings. The molecule has 2 aliphatic rings. The molecule has 0 spiro atoms. The second kappa shape index (κ2) is 6.87. The number of nitrogens with zero attached hydrogens (tertiary/aromatic N) is 2. The van der Waals surface area contributed by atoms with Crippen LogP contribution in [0.4, 0.5) is 11.4 Å². The lowest BCUT2D eigenvalue weighted by Gasteiger charge is -2.30. The zero-order chi connectivity index (χ0) is 16.4. The van der Waals surface area contributed by atoms with Crippen LogP contribution in [0.25, 0.3) is 0 Å². The molecule has 2 heterocycles. The molecule has 0 N–H and O–H groups in total. The fraction of sp³-hybridized carbons (Fsp3) is 0.316. The monoisotopic (exact) mass is 340 g/mol. The summed E-state index contributed by atoms with van der Waals surface area (Å²) in [5.41, 5.74) is 3.33. The summed E-state index contributed by atoms with van der Waals surface area (Å²) < 4.78 is 5.41. The zero-order valence-electron chi connectivity index (χ0n) is 13.4. The number of rotatable bonds is 3. The number of thioether (sulfide) groups is 1. The average Bonchev–Trinajstić information content (AvgIpc) is 3.05. The predicted molar refractivity (Wildman–Crippen MR) is 98.6 cm³/mol. The molecule has 1 unspecified atom stereocenters. The van der Waals surface area contributed by atoms with Gasteiger partial charge in [0.25, 0.3) is 0 Å². The van der Waals surface area contributed by atoms with Gasteiger partial charge < -0.3 is 9.64 Å². The Kier molecular flexibility index (Phi) is 4.45. The molecule has 2 aromatic rings. The van der Waals surface area contributed by atoms with E-state index in [2.05, 4.69) is 41.3 Å². The quantitative estimate of drug-likeness (QED) is 0.858. The van der Waals surface area contributed by atoms with Crippen molar-refractivity contribution >= 4 is 29.0 Å². The summed E-state index contributed by atoms with van der Waals surface area (Å²) >= 11 is 1.69. The highest BCUT2D eigenvalue weighted by Crippen LogP contribution is 2.41. The van der Waals surface area contributed by atoms with Gasteiger partial charge in [0.2, 0.25) is 5.91 Å². The Morgan fingerprint density at radius 1 is 0.917 bits per heavy atom. The number of hydrogen-bond acceptors (Lipinski definition) is 4. The zero-order valence-corrected chi connectivity index (χ0v) is 14.2. The summed E-state index contributed by atoms with van der Waals surface area (Å²) in [5.74, 6) is 0.707. The Balaban J connectivity index is 1.58. The van der Waals surface area contributed by atoms with Gasteiger partial charge in [-0.2, -0.15) is 0 Å². The van der Waals surface area contributed by atoms with Crippen LogP contribution in [-0.4, -0.2) is 38.0 Å². The lowest BCUT2D eigenvalue weighted by Crippen LogP contribution is -2.36. The van der Waals surface area contributed by atoms with E-state index in [0.29, 0.717) is 5.75 Å². The van der Waals surface area contributed by atoms with E-state index in [0.717, 1.165) is 32.0 Å². The van der Waals surface area contributed by atoms with Gasteiger partial charge in [-0.25, -0.2) is 0 Å². The Morgan fingerprint density at radius 3 is 2.29 bits per heavy atom. The molecule has 1 atom stereocenters. The van der Waals surface area contributed by atoms with Crippen molar-refractivity contribution in [1.82, 2.24) is 0 Å². The normalized spacial score (nSPS) is 21.3. The van der Waals surface area contributed by atoms with Crippen molar-refractivity contribution in [3.63, 3.8) is 0 Å². The summed E-state index contributed by atoms with van der Waals surface area (Å²) in [4.78, 5) is 16.7. The minimum Gasteiger partial charge on any atom is -0.378 e. The second-order valence-corrected chi connectivity index (χ2v) is 7.02. The SMILES string of the molecule is O=C1CSC(c2ccccc2)N1c1ccc(N2CCOCC2)cc1. The molecule has 1 amide bonds. The number of benzene rings is 2. The first-order valence-electron chi connectivity index (χ1n) is 8.24. The van der Waals surface area contributed by atoms with Gasteiger partial charge in [-0.1, -0.05) is 30.3 Å². The molecule has 0 radical (unpaired) electrons. The molecule has 0 saturated carbocycles. The molecule has 5 heteroatoms. The Hall–Kier alpha value is -1.98. The second-order valence-electron chi connectivity index (χ2n) is 5.95. The minimum atomic E-state index is 0.0629. The molecule has 4 rings (SSSR count). The van der Waals surface area contributed by atoms with Crippen molar-refractivity contribution in [3.05, 3.63) is 60.2 Å². The van der Waals surface area contributed by atoms with Gasteiger partial charge in [0.15, 0.2) is 0 Å². The molecule has 2 aliphatic heterocycles. The Bertz CT molecular complexity index is 699. The lowest BCUT2D eigenvalue weighted by molar-refractivity contribution is -0.115. The highest BCUT2D eigenvalue weighted by Gasteiger charge is 2.33. The van der Waals surface area contributed by atoms with E-state index >= 15 is 0 Å². The van der Waals surface area contributed by atoms with E-state index in [1.54, 1.807) is 11.8 Å². The smallest absolute Gasteiger partial charge is 0.238 e. The topological polar surface area (TPSA) is 32.8 Å². The van der Waals surface area contributed by atoms with Crippen LogP contribution in [0.2, 0.25) is 0 Å². The van der Waals surface area contributed by atoms with Gasteiger partial charge in [0.1, 0.15) is 5.37 Å². The fourth-order valence-corrected chi connectivity index (χ4v) is 4.39. The molecular weight excluding hydrogens is 320 g/mol. The highest BCUT2D eigenvalue weighted by atomic mass is 32.2. The van der Waals surface area contributed by atoms with Crippen molar-refractivity contribution in [2.45, 2.75) is 5.37 Å². The van der Waals surface area contributed by atoms with E-state index in [4.69, 9.17) is 4.74 Å². The summed E-state index contributed by atoms with van der Waals surface area (Å²) in [6.45, 7) is 3.40. The third-order valence-corrected chi connectivity index (χ3v) is 5.67. The maximum atomic E-state index is 12.4. The number of anilines is 2. The number of carbonyl (C=O) groups is 1. The van der Waals surface area contributed by atoms with Crippen LogP contribution in [0.15, 0.2) is 54.6 Å². The van der Waals surface area contributed by atoms with Gasteiger partial charge >= 0.3 is 0 Å². The van der Waals surface area contributed by atoms with Gasteiger partial charge in [0.05, 0.1) is 19.0 Å². The van der Waals surface area contributed by atoms with Crippen LogP contribution in [0.5, 0.6) is 0 Å². The summed E-state index contributed by atoms with van der Waals surface area (Å²) in [7, 11) is 0. The fourth-order valence-electron chi connectivity index (χ4n) is 3.21. The van der Waals surface area contributed by atoms with Crippen molar-refractivity contribution in [3.8, 4) is 0 Å². The van der Waals surface area contributed by atoms with E-state index in [9.17, 15) is 4.79 Å². The molecule has 4 nitrogen and oxygen atoms in total. The molecule has 0 aliphatic carbocycles. The number of hydrogen-bond donors (Lipinski definition) is 0. The van der Waals surface area contributed by atoms with E-state index in [1.807, 2.05) is 23.1 Å². The minimum absolute atomic E-state index is 0.0629. The third-order valence-electron chi connectivity index (χ3n) is 4.46. The first-order valence-corrected chi connectivity index (χ1v) is 9.29. The van der Waals surface area contributed by atoms with Crippen molar-refractivity contribution in [2.24, 2.45) is 0 Å². The van der Waals surface area contributed by atoms with Crippen molar-refractivity contribution in [1.29, 1.82) is 0 Å². The standard InChI is InChI=1S/C19H20N2O2S/c22-18-14-24-19(15-4-2-1-3-5-15)21(18)17-8-6-16(7-9-17)20-10-12-23-13-11-20/h1-9,19H,10-14H2. The number of morpholine rings is 1. The largest absolute Gasteiger partial charge is 0.378 e.